The molecule has 0 unspecified atom stereocenters. The van der Waals surface area contributed by atoms with Gasteiger partial charge in [-0.25, -0.2) is 0 Å². The van der Waals surface area contributed by atoms with Gasteiger partial charge in [-0.05, 0) is 85.0 Å². The zero-order valence-electron chi connectivity index (χ0n) is 24.9. The SMILES string of the molecule is C=Cc1c2[nH]c(c1C)Cc1[nH]c(c(C)c1CCC(=O)O)Cc1[nH]c(c(C)c1CCC(=O)O)Cc1[nH]c(c(C)c1C=C)C2. The number of nitrogens with one attached hydrogen (secondary N) is 4. The fourth-order valence-corrected chi connectivity index (χ4v) is 6.67. The highest BCUT2D eigenvalue weighted by molar-refractivity contribution is 5.68. The number of fused-ring (bicyclic) bond motifs is 8. The molecular weight excluding hydrogens is 528 g/mol. The first-order valence-corrected chi connectivity index (χ1v) is 14.5. The van der Waals surface area contributed by atoms with E-state index in [0.29, 0.717) is 38.5 Å². The highest BCUT2D eigenvalue weighted by Gasteiger charge is 2.24. The van der Waals surface area contributed by atoms with Gasteiger partial charge in [0.25, 0.3) is 0 Å². The fraction of sp³-hybridized carbons (Fsp3) is 0.353. The third-order valence-corrected chi connectivity index (χ3v) is 9.11. The van der Waals surface area contributed by atoms with Crippen molar-refractivity contribution in [1.29, 1.82) is 0 Å². The van der Waals surface area contributed by atoms with E-state index in [1.807, 2.05) is 12.2 Å². The largest absolute Gasteiger partial charge is 0.481 e. The molecule has 0 fully saturated rings. The van der Waals surface area contributed by atoms with Crippen molar-refractivity contribution in [3.63, 3.8) is 0 Å². The quantitative estimate of drug-likeness (QED) is 0.132. The monoisotopic (exact) mass is 568 g/mol. The van der Waals surface area contributed by atoms with Crippen LogP contribution in [0, 0.1) is 27.7 Å². The maximum absolute atomic E-state index is 11.5. The van der Waals surface area contributed by atoms with Crippen LogP contribution in [0.1, 0.15) is 103 Å². The van der Waals surface area contributed by atoms with Crippen molar-refractivity contribution >= 4 is 24.1 Å². The number of hydrogen-bond donors (Lipinski definition) is 6. The van der Waals surface area contributed by atoms with Crippen molar-refractivity contribution < 1.29 is 19.8 Å². The molecule has 1 aliphatic heterocycles. The number of carboxylic acids is 2. The van der Waals surface area contributed by atoms with Crippen LogP contribution >= 0.6 is 0 Å². The smallest absolute Gasteiger partial charge is 0.303 e. The Balaban J connectivity index is 1.72. The minimum Gasteiger partial charge on any atom is -0.481 e. The Labute approximate surface area is 246 Å². The Morgan fingerprint density at radius 1 is 0.571 bits per heavy atom. The van der Waals surface area contributed by atoms with Crippen LogP contribution in [0.25, 0.3) is 12.2 Å². The Morgan fingerprint density at radius 3 is 1.21 bits per heavy atom. The molecular formula is C34H40N4O4. The summed E-state index contributed by atoms with van der Waals surface area (Å²) >= 11 is 0. The number of rotatable bonds is 8. The molecule has 42 heavy (non-hydrogen) atoms. The average Bonchev–Trinajstić information content (AvgIpc) is 3.59. The number of hydrogen-bond acceptors (Lipinski definition) is 2. The lowest BCUT2D eigenvalue weighted by atomic mass is 9.97. The molecule has 6 N–H and O–H groups in total. The summed E-state index contributed by atoms with van der Waals surface area (Å²) in [7, 11) is 0. The van der Waals surface area contributed by atoms with E-state index in [-0.39, 0.29) is 12.8 Å². The molecule has 0 atom stereocenters. The molecule has 8 heteroatoms. The highest BCUT2D eigenvalue weighted by Crippen LogP contribution is 2.33. The third kappa shape index (κ3) is 5.29. The first kappa shape index (κ1) is 29.0. The van der Waals surface area contributed by atoms with Crippen LogP contribution in [0.2, 0.25) is 0 Å². The molecule has 5 heterocycles. The van der Waals surface area contributed by atoms with Crippen LogP contribution in [0.4, 0.5) is 0 Å². The van der Waals surface area contributed by atoms with Crippen LogP contribution in [0.15, 0.2) is 13.2 Å². The lowest BCUT2D eigenvalue weighted by molar-refractivity contribution is -0.138. The van der Waals surface area contributed by atoms with E-state index in [1.54, 1.807) is 0 Å². The van der Waals surface area contributed by atoms with Crippen molar-refractivity contribution in [1.82, 2.24) is 19.9 Å². The fourth-order valence-electron chi connectivity index (χ4n) is 6.67. The number of aromatic amines is 4. The second-order valence-corrected chi connectivity index (χ2v) is 11.5. The van der Waals surface area contributed by atoms with Gasteiger partial charge in [0, 0.05) is 84.1 Å². The van der Waals surface area contributed by atoms with Gasteiger partial charge in [0.2, 0.25) is 0 Å². The zero-order chi connectivity index (χ0) is 30.3. The van der Waals surface area contributed by atoms with Crippen molar-refractivity contribution in [2.24, 2.45) is 0 Å². The molecule has 8 bridgehead atoms. The number of H-pyrrole nitrogens is 4. The van der Waals surface area contributed by atoms with E-state index in [9.17, 15) is 19.8 Å². The van der Waals surface area contributed by atoms with Crippen molar-refractivity contribution in [2.75, 3.05) is 0 Å². The molecule has 0 amide bonds. The number of aromatic nitrogens is 4. The maximum atomic E-state index is 11.5. The first-order chi connectivity index (χ1) is 20.0. The predicted molar refractivity (Wildman–Crippen MR) is 165 cm³/mol. The summed E-state index contributed by atoms with van der Waals surface area (Å²) < 4.78 is 0. The molecule has 0 aromatic carbocycles. The summed E-state index contributed by atoms with van der Waals surface area (Å²) in [5.41, 5.74) is 17.1. The maximum Gasteiger partial charge on any atom is 0.303 e. The Morgan fingerprint density at radius 2 is 0.881 bits per heavy atom. The van der Waals surface area contributed by atoms with E-state index in [4.69, 9.17) is 0 Å². The van der Waals surface area contributed by atoms with Crippen LogP contribution in [-0.2, 0) is 48.1 Å². The molecule has 0 aliphatic carbocycles. The molecule has 4 aromatic heterocycles. The van der Waals surface area contributed by atoms with E-state index in [2.05, 4.69) is 60.8 Å². The summed E-state index contributed by atoms with van der Waals surface area (Å²) in [6.07, 6.45) is 7.27. The van der Waals surface area contributed by atoms with Gasteiger partial charge < -0.3 is 30.1 Å². The molecule has 220 valence electrons. The molecule has 0 saturated heterocycles. The number of aliphatic carboxylic acids is 2. The molecule has 4 aromatic rings. The van der Waals surface area contributed by atoms with E-state index in [0.717, 1.165) is 90.1 Å². The van der Waals surface area contributed by atoms with Crippen molar-refractivity contribution in [3.8, 4) is 0 Å². The summed E-state index contributed by atoms with van der Waals surface area (Å²) in [6, 6.07) is 0. The van der Waals surface area contributed by atoms with Gasteiger partial charge in [0.15, 0.2) is 0 Å². The van der Waals surface area contributed by atoms with E-state index in [1.165, 1.54) is 0 Å². The van der Waals surface area contributed by atoms with Crippen molar-refractivity contribution in [3.05, 3.63) is 103 Å². The lowest BCUT2D eigenvalue weighted by Crippen LogP contribution is -2.02. The molecule has 8 nitrogen and oxygen atoms in total. The first-order valence-electron chi connectivity index (χ1n) is 14.5. The summed E-state index contributed by atoms with van der Waals surface area (Å²) in [6.45, 7) is 16.5. The number of carboxylic acid groups (broad SMARTS) is 2. The summed E-state index contributed by atoms with van der Waals surface area (Å²) in [4.78, 5) is 37.8. The molecule has 1 aliphatic rings. The Kier molecular flexibility index (Phi) is 7.91. The van der Waals surface area contributed by atoms with E-state index < -0.39 is 11.9 Å². The molecule has 0 saturated carbocycles. The Bertz CT molecular complexity index is 1700. The predicted octanol–water partition coefficient (Wildman–Crippen LogP) is 6.23. The highest BCUT2D eigenvalue weighted by atomic mass is 16.4. The molecule has 5 rings (SSSR count). The Hall–Kier alpha value is -4.46. The average molecular weight is 569 g/mol. The summed E-state index contributed by atoms with van der Waals surface area (Å²) in [5.74, 6) is -1.65. The van der Waals surface area contributed by atoms with Gasteiger partial charge in [-0.2, -0.15) is 0 Å². The second-order valence-electron chi connectivity index (χ2n) is 11.5. The van der Waals surface area contributed by atoms with Crippen LogP contribution in [0.3, 0.4) is 0 Å². The molecule has 0 radical (unpaired) electrons. The lowest BCUT2D eigenvalue weighted by Gasteiger charge is -2.06. The van der Waals surface area contributed by atoms with Crippen molar-refractivity contribution in [2.45, 2.75) is 79.1 Å². The second kappa shape index (κ2) is 11.4. The minimum atomic E-state index is -0.825. The van der Waals surface area contributed by atoms with Gasteiger partial charge >= 0.3 is 11.9 Å². The molecule has 0 spiro atoms. The summed E-state index contributed by atoms with van der Waals surface area (Å²) in [5, 5.41) is 19.0. The van der Waals surface area contributed by atoms with Crippen LogP contribution in [0.5, 0.6) is 0 Å². The van der Waals surface area contributed by atoms with Gasteiger partial charge in [-0.3, -0.25) is 9.59 Å². The third-order valence-electron chi connectivity index (χ3n) is 9.11. The standard InChI is InChI=1S/C34H40N4O4/c1-7-21-17(3)25-13-29-22(8-2)18(4)26(36-29)15-31-24(10-12-34(41)42)20(6)28(38-31)16-32-23(9-11-33(39)40)19(5)27(37-32)14-30(21)35-25/h7-8,35-38H,1-2,9-16H2,3-6H3,(H,39,40)(H,41,42). The van der Waals surface area contributed by atoms with Crippen LogP contribution < -0.4 is 0 Å². The van der Waals surface area contributed by atoms with Gasteiger partial charge in [-0.1, -0.05) is 25.3 Å². The zero-order valence-corrected chi connectivity index (χ0v) is 24.9. The number of carbonyl (C=O) groups is 2. The van der Waals surface area contributed by atoms with Gasteiger partial charge in [0.05, 0.1) is 0 Å². The topological polar surface area (TPSA) is 138 Å². The van der Waals surface area contributed by atoms with Gasteiger partial charge in [0.1, 0.15) is 0 Å². The minimum absolute atomic E-state index is 0.0491. The van der Waals surface area contributed by atoms with Gasteiger partial charge in [-0.15, -0.1) is 0 Å². The van der Waals surface area contributed by atoms with Crippen LogP contribution in [-0.4, -0.2) is 42.1 Å². The van der Waals surface area contributed by atoms with E-state index >= 15 is 0 Å². The normalized spacial score (nSPS) is 12.9.